The Bertz CT molecular complexity index is 1420. The van der Waals surface area contributed by atoms with Crippen molar-refractivity contribution >= 4 is 45.6 Å². The normalized spacial score (nSPS) is 17.7. The summed E-state index contributed by atoms with van der Waals surface area (Å²) in [6.07, 6.45) is 2.56. The number of aromatic nitrogens is 3. The number of fused-ring (bicyclic) bond motifs is 2. The van der Waals surface area contributed by atoms with Crippen LogP contribution in [-0.4, -0.2) is 60.5 Å². The smallest absolute Gasteiger partial charge is 0.296 e. The van der Waals surface area contributed by atoms with E-state index < -0.39 is 17.1 Å². The third-order valence-corrected chi connectivity index (χ3v) is 7.65. The minimum Gasteiger partial charge on any atom is -0.494 e. The Hall–Kier alpha value is -3.35. The van der Waals surface area contributed by atoms with E-state index in [9.17, 15) is 9.59 Å². The number of methoxy groups -OCH3 is 1. The van der Waals surface area contributed by atoms with E-state index in [1.54, 1.807) is 19.2 Å². The zero-order valence-electron chi connectivity index (χ0n) is 19.1. The van der Waals surface area contributed by atoms with Gasteiger partial charge in [-0.25, -0.2) is 9.37 Å². The summed E-state index contributed by atoms with van der Waals surface area (Å²) in [5, 5.41) is 10.7. The fraction of sp³-hybridized carbons (Fsp3) is 0.348. The lowest BCUT2D eigenvalue weighted by Crippen LogP contribution is -2.38. The molecule has 4 heterocycles. The molecule has 0 unspecified atom stereocenters. The van der Waals surface area contributed by atoms with Crippen molar-refractivity contribution < 1.29 is 28.2 Å². The third kappa shape index (κ3) is 3.51. The van der Waals surface area contributed by atoms with Crippen molar-refractivity contribution in [2.45, 2.75) is 24.4 Å². The Labute approximate surface area is 213 Å². The fourth-order valence-electron chi connectivity index (χ4n) is 4.55. The number of ether oxygens (including phenoxy) is 3. The molecule has 2 fully saturated rings. The highest BCUT2D eigenvalue weighted by molar-refractivity contribution is 7.17. The van der Waals surface area contributed by atoms with Gasteiger partial charge in [0.2, 0.25) is 11.0 Å². The van der Waals surface area contributed by atoms with Gasteiger partial charge in [-0.15, -0.1) is 5.10 Å². The van der Waals surface area contributed by atoms with Crippen molar-refractivity contribution in [2.75, 3.05) is 37.6 Å². The van der Waals surface area contributed by atoms with Gasteiger partial charge in [-0.3, -0.25) is 14.9 Å². The summed E-state index contributed by atoms with van der Waals surface area (Å²) in [5.74, 6) is -1.36. The second-order valence-electron chi connectivity index (χ2n) is 8.77. The van der Waals surface area contributed by atoms with Gasteiger partial charge in [0, 0.05) is 23.9 Å². The molecule has 1 saturated heterocycles. The first-order chi connectivity index (χ1) is 17.3. The van der Waals surface area contributed by atoms with Crippen LogP contribution in [0.3, 0.4) is 0 Å². The van der Waals surface area contributed by atoms with Crippen LogP contribution in [0, 0.1) is 5.82 Å². The molecule has 10 nitrogen and oxygen atoms in total. The molecule has 3 aromatic rings. The van der Waals surface area contributed by atoms with Crippen LogP contribution >= 0.6 is 22.9 Å². The lowest BCUT2D eigenvalue weighted by atomic mass is 9.90. The molecule has 6 rings (SSSR count). The minimum absolute atomic E-state index is 0.0190. The predicted octanol–water partition coefficient (Wildman–Crippen LogP) is 3.44. The van der Waals surface area contributed by atoms with E-state index in [0.29, 0.717) is 36.9 Å². The summed E-state index contributed by atoms with van der Waals surface area (Å²) in [6, 6.07) is 3.27. The summed E-state index contributed by atoms with van der Waals surface area (Å²) in [5.41, 5.74) is 1.00. The molecule has 3 aliphatic rings. The number of nitrogens with one attached hydrogen (secondary N) is 1. The maximum atomic E-state index is 15.4. The molecular weight excluding hydrogens is 513 g/mol. The number of carbonyl (C=O) groups is 2. The summed E-state index contributed by atoms with van der Waals surface area (Å²) in [4.78, 5) is 31.9. The van der Waals surface area contributed by atoms with E-state index >= 15 is 4.39 Å². The summed E-state index contributed by atoms with van der Waals surface area (Å²) in [7, 11) is 3.04. The number of amides is 2. The van der Waals surface area contributed by atoms with E-state index in [1.807, 2.05) is 0 Å². The molecular formula is C23H19ClFN5O5S. The van der Waals surface area contributed by atoms with Crippen molar-refractivity contribution in [3.05, 3.63) is 40.4 Å². The topological polar surface area (TPSA) is 116 Å². The Morgan fingerprint density at radius 1 is 1.33 bits per heavy atom. The lowest BCUT2D eigenvalue weighted by Gasteiger charge is -2.24. The minimum atomic E-state index is -0.832. The molecule has 1 aliphatic carbocycles. The lowest BCUT2D eigenvalue weighted by molar-refractivity contribution is -0.119. The molecule has 2 aromatic heterocycles. The number of carbonyl (C=O) groups excluding carboxylic acids is 2. The molecule has 1 spiro atoms. The largest absolute Gasteiger partial charge is 0.494 e. The second kappa shape index (κ2) is 8.36. The Morgan fingerprint density at radius 2 is 2.11 bits per heavy atom. The molecule has 0 bridgehead atoms. The molecule has 2 amide bonds. The number of nitrogens with zero attached hydrogens (tertiary/aromatic N) is 4. The molecule has 13 heteroatoms. The molecule has 0 atom stereocenters. The highest BCUT2D eigenvalue weighted by Crippen LogP contribution is 2.58. The molecule has 1 aromatic carbocycles. The number of anilines is 2. The maximum Gasteiger partial charge on any atom is 0.296 e. The monoisotopic (exact) mass is 531 g/mol. The number of pyridine rings is 1. The molecule has 1 N–H and O–H groups in total. The maximum absolute atomic E-state index is 15.4. The summed E-state index contributed by atoms with van der Waals surface area (Å²) < 4.78 is 31.4. The van der Waals surface area contributed by atoms with Crippen molar-refractivity contribution in [3.8, 4) is 22.1 Å². The quantitative estimate of drug-likeness (QED) is 0.481. The second-order valence-corrected chi connectivity index (χ2v) is 10.1. The molecule has 0 radical (unpaired) electrons. The van der Waals surface area contributed by atoms with Crippen LogP contribution < -0.4 is 19.7 Å². The molecule has 186 valence electrons. The first-order valence-corrected chi connectivity index (χ1v) is 12.3. The Balaban J connectivity index is 1.44. The average Bonchev–Trinajstić information content (AvgIpc) is 3.49. The van der Waals surface area contributed by atoms with Crippen LogP contribution in [0.5, 0.6) is 10.9 Å². The zero-order valence-corrected chi connectivity index (χ0v) is 20.7. The third-order valence-electron chi connectivity index (χ3n) is 6.65. The van der Waals surface area contributed by atoms with E-state index in [1.165, 1.54) is 18.2 Å². The van der Waals surface area contributed by atoms with E-state index in [4.69, 9.17) is 25.8 Å². The van der Waals surface area contributed by atoms with Crippen LogP contribution in [0.2, 0.25) is 5.15 Å². The van der Waals surface area contributed by atoms with Gasteiger partial charge in [-0.05, 0) is 41.9 Å². The number of hydrogen-bond donors (Lipinski definition) is 1. The van der Waals surface area contributed by atoms with Gasteiger partial charge in [0.05, 0.1) is 37.5 Å². The van der Waals surface area contributed by atoms with Gasteiger partial charge in [0.15, 0.2) is 11.0 Å². The Morgan fingerprint density at radius 3 is 2.78 bits per heavy atom. The van der Waals surface area contributed by atoms with E-state index in [2.05, 4.69) is 20.5 Å². The van der Waals surface area contributed by atoms with Crippen LogP contribution in [0.15, 0.2) is 18.3 Å². The first-order valence-electron chi connectivity index (χ1n) is 11.1. The van der Waals surface area contributed by atoms with Crippen LogP contribution in [-0.2, 0) is 14.9 Å². The van der Waals surface area contributed by atoms with Gasteiger partial charge in [0.25, 0.3) is 11.1 Å². The van der Waals surface area contributed by atoms with Crippen molar-refractivity contribution in [3.63, 3.8) is 0 Å². The van der Waals surface area contributed by atoms with Crippen LogP contribution in [0.25, 0.3) is 11.1 Å². The Kier molecular flexibility index (Phi) is 5.36. The SMILES string of the molecule is COc1cnc(Cl)c(F)c1-c1cc2c(cc1C(=O)Nc1nnc(OC3COC3)s1)N(C)C(=O)C21CC1. The van der Waals surface area contributed by atoms with Gasteiger partial charge >= 0.3 is 0 Å². The standard InChI is InChI=1S/C23H19ClFN5O5S/c1-30-14-6-12(19(31)27-21-28-29-22(36-21)35-10-8-34-9-10)11(5-13(14)23(3-4-23)20(30)32)16-15(33-2)7-26-18(24)17(16)25/h5-7,10H,3-4,8-9H2,1-2H3,(H,27,28,31). The number of hydrogen-bond acceptors (Lipinski definition) is 9. The predicted molar refractivity (Wildman–Crippen MR) is 129 cm³/mol. The highest BCUT2D eigenvalue weighted by atomic mass is 35.5. The molecule has 36 heavy (non-hydrogen) atoms. The van der Waals surface area contributed by atoms with Crippen LogP contribution in [0.4, 0.5) is 15.2 Å². The number of likely N-dealkylation sites (N-methyl/N-ethyl adjacent to an activating group) is 1. The van der Waals surface area contributed by atoms with Gasteiger partial charge in [-0.1, -0.05) is 16.7 Å². The highest BCUT2D eigenvalue weighted by Gasteiger charge is 2.58. The summed E-state index contributed by atoms with van der Waals surface area (Å²) >= 11 is 7.06. The number of halogens is 2. The van der Waals surface area contributed by atoms with E-state index in [0.717, 1.165) is 16.9 Å². The summed E-state index contributed by atoms with van der Waals surface area (Å²) in [6.45, 7) is 0.935. The van der Waals surface area contributed by atoms with Gasteiger partial charge in [0.1, 0.15) is 11.9 Å². The van der Waals surface area contributed by atoms with Crippen molar-refractivity contribution in [1.29, 1.82) is 0 Å². The number of benzene rings is 1. The van der Waals surface area contributed by atoms with Crippen LogP contribution in [0.1, 0.15) is 28.8 Å². The molecule has 2 aliphatic heterocycles. The molecule has 1 saturated carbocycles. The average molecular weight is 532 g/mol. The van der Waals surface area contributed by atoms with Crippen molar-refractivity contribution in [1.82, 2.24) is 15.2 Å². The number of rotatable bonds is 6. The van der Waals surface area contributed by atoms with Gasteiger partial charge in [-0.2, -0.15) is 0 Å². The zero-order chi connectivity index (χ0) is 25.2. The van der Waals surface area contributed by atoms with Gasteiger partial charge < -0.3 is 19.1 Å². The first kappa shape index (κ1) is 23.1. The van der Waals surface area contributed by atoms with Crippen molar-refractivity contribution in [2.24, 2.45) is 0 Å². The fourth-order valence-corrected chi connectivity index (χ4v) is 5.35. The van der Waals surface area contributed by atoms with E-state index in [-0.39, 0.29) is 44.7 Å².